The number of carbonyl (C=O) groups excluding carboxylic acids is 1. The van der Waals surface area contributed by atoms with E-state index in [9.17, 15) is 4.79 Å². The second-order valence-corrected chi connectivity index (χ2v) is 5.41. The van der Waals surface area contributed by atoms with Crippen LogP contribution in [0.2, 0.25) is 0 Å². The first-order valence-electron chi connectivity index (χ1n) is 7.91. The zero-order chi connectivity index (χ0) is 18.4. The number of benzene rings is 3. The number of hydrogen-bond acceptors (Lipinski definition) is 5. The van der Waals surface area contributed by atoms with Gasteiger partial charge in [-0.25, -0.2) is 0 Å². The highest BCUT2D eigenvalue weighted by Crippen LogP contribution is 2.32. The van der Waals surface area contributed by atoms with Crippen LogP contribution < -0.4 is 4.74 Å². The highest BCUT2D eigenvalue weighted by atomic mass is 16.5. The molecular formula is C21H15N3O2. The molecule has 0 heterocycles. The van der Waals surface area contributed by atoms with Gasteiger partial charge in [0.2, 0.25) is 0 Å². The highest BCUT2D eigenvalue weighted by molar-refractivity contribution is 6.13. The van der Waals surface area contributed by atoms with Gasteiger partial charge in [0.1, 0.15) is 11.4 Å². The molecule has 0 N–H and O–H groups in total. The van der Waals surface area contributed by atoms with Crippen molar-refractivity contribution in [3.8, 4) is 11.8 Å². The largest absolute Gasteiger partial charge is 0.496 e. The molecule has 126 valence electrons. The van der Waals surface area contributed by atoms with Crippen molar-refractivity contribution in [2.45, 2.75) is 0 Å². The summed E-state index contributed by atoms with van der Waals surface area (Å²) in [7, 11) is 1.50. The van der Waals surface area contributed by atoms with Gasteiger partial charge in [0.05, 0.1) is 30.0 Å². The van der Waals surface area contributed by atoms with Gasteiger partial charge in [0, 0.05) is 5.56 Å². The lowest BCUT2D eigenvalue weighted by Crippen LogP contribution is -2.04. The molecular weight excluding hydrogens is 326 g/mol. The minimum Gasteiger partial charge on any atom is -0.496 e. The van der Waals surface area contributed by atoms with Gasteiger partial charge in [-0.2, -0.15) is 10.4 Å². The van der Waals surface area contributed by atoms with Crippen molar-refractivity contribution < 1.29 is 9.53 Å². The fraction of sp³-hybridized carbons (Fsp3) is 0.0476. The van der Waals surface area contributed by atoms with Crippen LogP contribution in [0, 0.1) is 11.3 Å². The molecule has 3 aromatic rings. The van der Waals surface area contributed by atoms with Gasteiger partial charge in [0.15, 0.2) is 5.78 Å². The Hall–Kier alpha value is -3.78. The normalized spacial score (nSPS) is 10.5. The molecule has 0 unspecified atom stereocenters. The van der Waals surface area contributed by atoms with E-state index in [-0.39, 0.29) is 5.78 Å². The highest BCUT2D eigenvalue weighted by Gasteiger charge is 2.19. The van der Waals surface area contributed by atoms with Crippen molar-refractivity contribution in [2.24, 2.45) is 10.2 Å². The van der Waals surface area contributed by atoms with E-state index in [1.54, 1.807) is 42.5 Å². The van der Waals surface area contributed by atoms with Crippen molar-refractivity contribution in [1.29, 1.82) is 5.26 Å². The molecule has 0 amide bonds. The van der Waals surface area contributed by atoms with Gasteiger partial charge in [-0.15, -0.1) is 5.11 Å². The summed E-state index contributed by atoms with van der Waals surface area (Å²) in [5, 5.41) is 17.3. The first-order chi connectivity index (χ1) is 12.7. The van der Waals surface area contributed by atoms with E-state index >= 15 is 0 Å². The minimum atomic E-state index is -0.242. The Balaban J connectivity index is 2.03. The maximum absolute atomic E-state index is 13.0. The van der Waals surface area contributed by atoms with Crippen LogP contribution in [0.5, 0.6) is 5.75 Å². The molecule has 0 aromatic heterocycles. The summed E-state index contributed by atoms with van der Waals surface area (Å²) in [6.45, 7) is 0. The molecule has 0 fully saturated rings. The smallest absolute Gasteiger partial charge is 0.199 e. The molecule has 26 heavy (non-hydrogen) atoms. The molecule has 0 radical (unpaired) electrons. The molecule has 0 spiro atoms. The van der Waals surface area contributed by atoms with Crippen LogP contribution in [0.15, 0.2) is 83.0 Å². The monoisotopic (exact) mass is 341 g/mol. The summed E-state index contributed by atoms with van der Waals surface area (Å²) in [6.07, 6.45) is 0. The zero-order valence-electron chi connectivity index (χ0n) is 14.1. The Morgan fingerprint density at radius 2 is 1.65 bits per heavy atom. The van der Waals surface area contributed by atoms with Crippen molar-refractivity contribution in [3.05, 3.63) is 89.5 Å². The van der Waals surface area contributed by atoms with Gasteiger partial charge >= 0.3 is 0 Å². The van der Waals surface area contributed by atoms with Crippen LogP contribution >= 0.6 is 0 Å². The van der Waals surface area contributed by atoms with Crippen molar-refractivity contribution in [1.82, 2.24) is 0 Å². The van der Waals surface area contributed by atoms with E-state index in [4.69, 9.17) is 10.00 Å². The Bertz CT molecular complexity index is 988. The Morgan fingerprint density at radius 3 is 2.31 bits per heavy atom. The molecule has 3 aromatic carbocycles. The molecule has 3 rings (SSSR count). The van der Waals surface area contributed by atoms with Crippen LogP contribution in [0.1, 0.15) is 21.5 Å². The SMILES string of the molecule is COc1cccc(N=Nc2ccccc2)c1C(=O)c1ccc(C#N)cc1. The van der Waals surface area contributed by atoms with Crippen molar-refractivity contribution >= 4 is 17.2 Å². The topological polar surface area (TPSA) is 74.8 Å². The van der Waals surface area contributed by atoms with E-state index in [2.05, 4.69) is 10.2 Å². The van der Waals surface area contributed by atoms with Gasteiger partial charge < -0.3 is 4.74 Å². The quantitative estimate of drug-likeness (QED) is 0.472. The van der Waals surface area contributed by atoms with Crippen LogP contribution in [0.4, 0.5) is 11.4 Å². The average Bonchev–Trinajstić information content (AvgIpc) is 2.72. The number of azo groups is 1. The molecule has 0 saturated heterocycles. The predicted molar refractivity (Wildman–Crippen MR) is 98.2 cm³/mol. The third kappa shape index (κ3) is 3.65. The zero-order valence-corrected chi connectivity index (χ0v) is 14.1. The molecule has 0 aliphatic carbocycles. The summed E-state index contributed by atoms with van der Waals surface area (Å²) >= 11 is 0. The van der Waals surface area contributed by atoms with E-state index in [1.807, 2.05) is 36.4 Å². The summed E-state index contributed by atoms with van der Waals surface area (Å²) < 4.78 is 5.35. The lowest BCUT2D eigenvalue weighted by Gasteiger charge is -2.10. The summed E-state index contributed by atoms with van der Waals surface area (Å²) in [5.74, 6) is 0.179. The van der Waals surface area contributed by atoms with Crippen LogP contribution in [-0.2, 0) is 0 Å². The Labute approximate surface area is 151 Å². The molecule has 5 nitrogen and oxygen atoms in total. The first-order valence-corrected chi connectivity index (χ1v) is 7.91. The summed E-state index contributed by atoms with van der Waals surface area (Å²) in [4.78, 5) is 13.0. The lowest BCUT2D eigenvalue weighted by atomic mass is 10.00. The third-order valence-electron chi connectivity index (χ3n) is 3.76. The number of ether oxygens (including phenoxy) is 1. The van der Waals surface area contributed by atoms with Crippen molar-refractivity contribution in [3.63, 3.8) is 0 Å². The van der Waals surface area contributed by atoms with Crippen molar-refractivity contribution in [2.75, 3.05) is 7.11 Å². The number of ketones is 1. The Kier molecular flexibility index (Phi) is 5.16. The second kappa shape index (κ2) is 7.86. The molecule has 0 atom stereocenters. The molecule has 0 saturated carbocycles. The standard InChI is InChI=1S/C21H15N3O2/c1-26-19-9-5-8-18(24-23-17-6-3-2-4-7-17)20(19)21(25)16-12-10-15(14-22)11-13-16/h2-13H,1H3. The van der Waals surface area contributed by atoms with Gasteiger partial charge in [-0.1, -0.05) is 24.3 Å². The number of nitrogens with zero attached hydrogens (tertiary/aromatic N) is 3. The van der Waals surface area contributed by atoms with Gasteiger partial charge in [-0.3, -0.25) is 4.79 Å². The minimum absolute atomic E-state index is 0.242. The van der Waals surface area contributed by atoms with E-state index in [0.717, 1.165) is 0 Å². The number of carbonyl (C=O) groups is 1. The second-order valence-electron chi connectivity index (χ2n) is 5.41. The summed E-state index contributed by atoms with van der Waals surface area (Å²) in [5.41, 5.74) is 2.38. The molecule has 0 aliphatic rings. The average molecular weight is 341 g/mol. The van der Waals surface area contributed by atoms with E-state index in [0.29, 0.717) is 33.8 Å². The number of nitriles is 1. The number of hydrogen-bond donors (Lipinski definition) is 0. The summed E-state index contributed by atoms with van der Waals surface area (Å²) in [6, 6.07) is 22.9. The van der Waals surface area contributed by atoms with Crippen LogP contribution in [0.3, 0.4) is 0 Å². The third-order valence-corrected chi connectivity index (χ3v) is 3.76. The van der Waals surface area contributed by atoms with Crippen LogP contribution in [0.25, 0.3) is 0 Å². The number of methoxy groups -OCH3 is 1. The lowest BCUT2D eigenvalue weighted by molar-refractivity contribution is 0.103. The van der Waals surface area contributed by atoms with Gasteiger partial charge in [-0.05, 0) is 48.5 Å². The fourth-order valence-corrected chi connectivity index (χ4v) is 2.45. The maximum atomic E-state index is 13.0. The Morgan fingerprint density at radius 1 is 0.923 bits per heavy atom. The van der Waals surface area contributed by atoms with Gasteiger partial charge in [0.25, 0.3) is 0 Å². The number of rotatable bonds is 5. The van der Waals surface area contributed by atoms with Crippen LogP contribution in [-0.4, -0.2) is 12.9 Å². The van der Waals surface area contributed by atoms with E-state index < -0.39 is 0 Å². The molecule has 0 aliphatic heterocycles. The molecule has 0 bridgehead atoms. The predicted octanol–water partition coefficient (Wildman–Crippen LogP) is 5.21. The maximum Gasteiger partial charge on any atom is 0.199 e. The molecule has 5 heteroatoms. The fourth-order valence-electron chi connectivity index (χ4n) is 2.45. The van der Waals surface area contributed by atoms with E-state index in [1.165, 1.54) is 7.11 Å². The first kappa shape index (κ1) is 17.1.